The minimum Gasteiger partial charge on any atom is -0.457 e. The highest BCUT2D eigenvalue weighted by atomic mass is 16.5. The second-order valence-corrected chi connectivity index (χ2v) is 6.81. The molecule has 0 atom stereocenters. The van der Waals surface area contributed by atoms with Crippen molar-refractivity contribution in [2.45, 2.75) is 33.3 Å². The highest BCUT2D eigenvalue weighted by Gasteiger charge is 2.13. The standard InChI is InChI=1S/C22H23N5O3/c1-14-8-9-16(12-15(14)2)18(28)10-11-20(29)30-13-19-25-21(23)27-22(26-19)24-17-6-4-3-5-7-17/h3-9,12H,10-11,13H2,1-2H3,(H3,23,24,25,26,27). The van der Waals surface area contributed by atoms with Gasteiger partial charge in [0.15, 0.2) is 18.2 Å². The van der Waals surface area contributed by atoms with E-state index in [0.29, 0.717) is 5.56 Å². The van der Waals surface area contributed by atoms with Crippen molar-refractivity contribution in [3.05, 3.63) is 71.0 Å². The molecule has 0 unspecified atom stereocenters. The number of aryl methyl sites for hydroxylation is 2. The van der Waals surface area contributed by atoms with E-state index in [1.807, 2.05) is 56.3 Å². The molecule has 0 aliphatic rings. The van der Waals surface area contributed by atoms with Crippen LogP contribution in [-0.4, -0.2) is 26.7 Å². The quantitative estimate of drug-likeness (QED) is 0.431. The highest BCUT2D eigenvalue weighted by Crippen LogP contribution is 2.14. The summed E-state index contributed by atoms with van der Waals surface area (Å²) in [6, 6.07) is 14.8. The van der Waals surface area contributed by atoms with Crippen LogP contribution in [0.25, 0.3) is 0 Å². The van der Waals surface area contributed by atoms with E-state index in [2.05, 4.69) is 20.3 Å². The number of anilines is 3. The number of Topliss-reactive ketones (excluding diaryl/α,β-unsaturated/α-hetero) is 1. The zero-order valence-electron chi connectivity index (χ0n) is 16.9. The Kier molecular flexibility index (Phi) is 6.69. The van der Waals surface area contributed by atoms with Gasteiger partial charge >= 0.3 is 5.97 Å². The minimum absolute atomic E-state index is 0.0133. The fraction of sp³-hybridized carbons (Fsp3) is 0.227. The van der Waals surface area contributed by atoms with Crippen molar-refractivity contribution >= 4 is 29.3 Å². The maximum atomic E-state index is 12.3. The van der Waals surface area contributed by atoms with Gasteiger partial charge in [0, 0.05) is 17.7 Å². The molecule has 0 amide bonds. The van der Waals surface area contributed by atoms with Crippen molar-refractivity contribution in [1.82, 2.24) is 15.0 Å². The van der Waals surface area contributed by atoms with Crippen LogP contribution in [0.15, 0.2) is 48.5 Å². The predicted octanol–water partition coefficient (Wildman–Crippen LogP) is 3.52. The van der Waals surface area contributed by atoms with E-state index in [9.17, 15) is 9.59 Å². The van der Waals surface area contributed by atoms with Gasteiger partial charge in [-0.1, -0.05) is 30.3 Å². The molecular weight excluding hydrogens is 382 g/mol. The molecule has 0 fully saturated rings. The Labute approximate surface area is 174 Å². The summed E-state index contributed by atoms with van der Waals surface area (Å²) in [4.78, 5) is 36.5. The Balaban J connectivity index is 1.52. The van der Waals surface area contributed by atoms with Gasteiger partial charge in [-0.3, -0.25) is 9.59 Å². The average molecular weight is 405 g/mol. The second-order valence-electron chi connectivity index (χ2n) is 6.81. The van der Waals surface area contributed by atoms with Crippen LogP contribution in [0.2, 0.25) is 0 Å². The molecule has 30 heavy (non-hydrogen) atoms. The molecular formula is C22H23N5O3. The van der Waals surface area contributed by atoms with E-state index in [1.54, 1.807) is 6.07 Å². The summed E-state index contributed by atoms with van der Waals surface area (Å²) in [7, 11) is 0. The molecule has 0 radical (unpaired) electrons. The van der Waals surface area contributed by atoms with Crippen LogP contribution in [-0.2, 0) is 16.1 Å². The fourth-order valence-corrected chi connectivity index (χ4v) is 2.70. The normalized spacial score (nSPS) is 10.5. The number of esters is 1. The molecule has 154 valence electrons. The van der Waals surface area contributed by atoms with E-state index in [4.69, 9.17) is 10.5 Å². The Morgan fingerprint density at radius 2 is 1.73 bits per heavy atom. The van der Waals surface area contributed by atoms with E-state index in [1.165, 1.54) is 0 Å². The maximum absolute atomic E-state index is 12.3. The van der Waals surface area contributed by atoms with Crippen molar-refractivity contribution in [2.75, 3.05) is 11.1 Å². The zero-order chi connectivity index (χ0) is 21.5. The summed E-state index contributed by atoms with van der Waals surface area (Å²) in [5.41, 5.74) is 9.25. The van der Waals surface area contributed by atoms with Gasteiger partial charge in [-0.15, -0.1) is 0 Å². The number of aromatic nitrogens is 3. The van der Waals surface area contributed by atoms with Crippen LogP contribution in [0.3, 0.4) is 0 Å². The molecule has 1 heterocycles. The lowest BCUT2D eigenvalue weighted by Gasteiger charge is -2.08. The molecule has 2 aromatic carbocycles. The van der Waals surface area contributed by atoms with Gasteiger partial charge in [-0.25, -0.2) is 0 Å². The van der Waals surface area contributed by atoms with E-state index in [-0.39, 0.29) is 43.0 Å². The SMILES string of the molecule is Cc1ccc(C(=O)CCC(=O)OCc2nc(N)nc(Nc3ccccc3)n2)cc1C. The Hall–Kier alpha value is -3.81. The van der Waals surface area contributed by atoms with Crippen LogP contribution < -0.4 is 11.1 Å². The molecule has 0 aliphatic heterocycles. The highest BCUT2D eigenvalue weighted by molar-refractivity contribution is 5.97. The topological polar surface area (TPSA) is 120 Å². The van der Waals surface area contributed by atoms with Crippen molar-refractivity contribution < 1.29 is 14.3 Å². The Morgan fingerprint density at radius 3 is 2.47 bits per heavy atom. The first-order valence-corrected chi connectivity index (χ1v) is 9.49. The summed E-state index contributed by atoms with van der Waals surface area (Å²) in [5.74, 6) is -0.128. The number of carbonyl (C=O) groups excluding carboxylic acids is 2. The number of nitrogens with zero attached hydrogens (tertiary/aromatic N) is 3. The van der Waals surface area contributed by atoms with Crippen molar-refractivity contribution in [3.63, 3.8) is 0 Å². The smallest absolute Gasteiger partial charge is 0.306 e. The van der Waals surface area contributed by atoms with Crippen LogP contribution in [0.4, 0.5) is 17.6 Å². The van der Waals surface area contributed by atoms with Crippen molar-refractivity contribution in [1.29, 1.82) is 0 Å². The first kappa shape index (κ1) is 20.9. The number of hydrogen-bond donors (Lipinski definition) is 2. The molecule has 0 saturated carbocycles. The van der Waals surface area contributed by atoms with Gasteiger partial charge < -0.3 is 15.8 Å². The van der Waals surface area contributed by atoms with Gasteiger partial charge in [-0.05, 0) is 43.2 Å². The molecule has 1 aromatic heterocycles. The molecule has 3 aromatic rings. The van der Waals surface area contributed by atoms with Gasteiger partial charge in [0.05, 0.1) is 6.42 Å². The van der Waals surface area contributed by atoms with Gasteiger partial charge in [0.2, 0.25) is 11.9 Å². The summed E-state index contributed by atoms with van der Waals surface area (Å²) < 4.78 is 5.19. The number of ether oxygens (including phenoxy) is 1. The second kappa shape index (κ2) is 9.60. The number of para-hydroxylation sites is 1. The number of nitrogen functional groups attached to an aromatic ring is 1. The molecule has 0 aliphatic carbocycles. The molecule has 8 nitrogen and oxygen atoms in total. The minimum atomic E-state index is -0.510. The Morgan fingerprint density at radius 1 is 0.967 bits per heavy atom. The summed E-state index contributed by atoms with van der Waals surface area (Å²) in [6.07, 6.45) is 0.0446. The third-order valence-electron chi connectivity index (χ3n) is 4.48. The lowest BCUT2D eigenvalue weighted by atomic mass is 10.0. The number of nitrogens with one attached hydrogen (secondary N) is 1. The lowest BCUT2D eigenvalue weighted by Crippen LogP contribution is -2.12. The third-order valence-corrected chi connectivity index (χ3v) is 4.48. The summed E-state index contributed by atoms with van der Waals surface area (Å²) >= 11 is 0. The molecule has 3 N–H and O–H groups in total. The van der Waals surface area contributed by atoms with Gasteiger partial charge in [0.1, 0.15) is 0 Å². The third kappa shape index (κ3) is 5.84. The zero-order valence-corrected chi connectivity index (χ0v) is 16.9. The monoisotopic (exact) mass is 405 g/mol. The van der Waals surface area contributed by atoms with Crippen LogP contribution in [0, 0.1) is 13.8 Å². The molecule has 3 rings (SSSR count). The molecule has 0 saturated heterocycles. The first-order valence-electron chi connectivity index (χ1n) is 9.49. The maximum Gasteiger partial charge on any atom is 0.306 e. The van der Waals surface area contributed by atoms with Crippen LogP contribution in [0.1, 0.15) is 40.2 Å². The fourth-order valence-electron chi connectivity index (χ4n) is 2.70. The first-order chi connectivity index (χ1) is 14.4. The lowest BCUT2D eigenvalue weighted by molar-refractivity contribution is -0.145. The predicted molar refractivity (Wildman–Crippen MR) is 113 cm³/mol. The van der Waals surface area contributed by atoms with Crippen LogP contribution in [0.5, 0.6) is 0 Å². The molecule has 0 bridgehead atoms. The number of rotatable bonds is 8. The largest absolute Gasteiger partial charge is 0.457 e. The van der Waals surface area contributed by atoms with Crippen molar-refractivity contribution in [2.24, 2.45) is 0 Å². The molecule has 8 heteroatoms. The van der Waals surface area contributed by atoms with E-state index >= 15 is 0 Å². The number of benzene rings is 2. The number of nitrogens with two attached hydrogens (primary N) is 1. The Bertz CT molecular complexity index is 1050. The number of carbonyl (C=O) groups is 2. The summed E-state index contributed by atoms with van der Waals surface area (Å²) in [6.45, 7) is 3.77. The molecule has 0 spiro atoms. The summed E-state index contributed by atoms with van der Waals surface area (Å²) in [5, 5.41) is 3.01. The van der Waals surface area contributed by atoms with Crippen LogP contribution >= 0.6 is 0 Å². The van der Waals surface area contributed by atoms with Gasteiger partial charge in [0.25, 0.3) is 0 Å². The average Bonchev–Trinajstić information content (AvgIpc) is 2.73. The van der Waals surface area contributed by atoms with E-state index < -0.39 is 5.97 Å². The van der Waals surface area contributed by atoms with Crippen molar-refractivity contribution in [3.8, 4) is 0 Å². The van der Waals surface area contributed by atoms with Gasteiger partial charge in [-0.2, -0.15) is 15.0 Å². The number of ketones is 1. The van der Waals surface area contributed by atoms with E-state index in [0.717, 1.165) is 16.8 Å². The number of hydrogen-bond acceptors (Lipinski definition) is 8.